The van der Waals surface area contributed by atoms with Crippen LogP contribution in [0.4, 0.5) is 0 Å². The summed E-state index contributed by atoms with van der Waals surface area (Å²) in [5, 5.41) is 0. The fourth-order valence-corrected chi connectivity index (χ4v) is 1.15. The minimum absolute atomic E-state index is 0. The summed E-state index contributed by atoms with van der Waals surface area (Å²) in [7, 11) is 1.66. The molecule has 1 rings (SSSR count). The van der Waals surface area contributed by atoms with E-state index in [4.69, 9.17) is 4.74 Å². The minimum Gasteiger partial charge on any atom is -0.523 e. The zero-order chi connectivity index (χ0) is 8.97. The smallest absolute Gasteiger partial charge is 0.523 e. The molecule has 0 amide bonds. The van der Waals surface area contributed by atoms with Crippen LogP contribution in [-0.4, -0.2) is 7.11 Å². The molecule has 0 N–H and O–H groups in total. The van der Waals surface area contributed by atoms with E-state index in [0.717, 1.165) is 18.6 Å². The van der Waals surface area contributed by atoms with Gasteiger partial charge in [0.25, 0.3) is 0 Å². The maximum atomic E-state index is 5.08. The normalized spacial score (nSPS) is 9.15. The zero-order valence-electron chi connectivity index (χ0n) is 8.13. The van der Waals surface area contributed by atoms with Crippen LogP contribution in [-0.2, 0) is 28.8 Å². The Bertz CT molecular complexity index is 258. The molecule has 0 bridgehead atoms. The Morgan fingerprint density at radius 1 is 1.46 bits per heavy atom. The first-order valence-corrected chi connectivity index (χ1v) is 4.13. The van der Waals surface area contributed by atoms with Gasteiger partial charge in [-0.2, -0.15) is 23.6 Å². The second kappa shape index (κ2) is 6.25. The number of benzene rings is 1. The Hall–Kier alpha value is -0.240. The molecule has 0 unspecified atom stereocenters. The number of hydrogen-bond acceptors (Lipinski definition) is 1. The predicted molar refractivity (Wildman–Crippen MR) is 50.2 cm³/mol. The van der Waals surface area contributed by atoms with Crippen LogP contribution in [0.3, 0.4) is 0 Å². The van der Waals surface area contributed by atoms with Gasteiger partial charge in [0, 0.05) is 5.75 Å². The van der Waals surface area contributed by atoms with E-state index in [-0.39, 0.29) is 22.4 Å². The van der Waals surface area contributed by atoms with E-state index >= 15 is 0 Å². The van der Waals surface area contributed by atoms with Crippen LogP contribution in [0.1, 0.15) is 17.5 Å². The van der Waals surface area contributed by atoms with Crippen molar-refractivity contribution in [3.8, 4) is 5.75 Å². The molecule has 0 aliphatic heterocycles. The van der Waals surface area contributed by atoms with Gasteiger partial charge in [-0.25, -0.2) is 0 Å². The van der Waals surface area contributed by atoms with Crippen LogP contribution in [0.2, 0.25) is 0 Å². The monoisotopic (exact) mass is 255 g/mol. The van der Waals surface area contributed by atoms with Gasteiger partial charge in [-0.3, -0.25) is 0 Å². The fraction of sp³-hybridized carbons (Fsp3) is 0.364. The molecule has 1 aromatic rings. The third kappa shape index (κ3) is 3.55. The molecule has 0 saturated heterocycles. The van der Waals surface area contributed by atoms with Gasteiger partial charge in [-0.1, -0.05) is 13.3 Å². The SMILES string of the molecule is [CH2-]CCc1[c-]c(OC)ccc1C.[Nb+2]. The number of rotatable bonds is 3. The molecular weight excluding hydrogens is 241 g/mol. The van der Waals surface area contributed by atoms with Crippen molar-refractivity contribution in [3.63, 3.8) is 0 Å². The molecule has 1 aromatic carbocycles. The van der Waals surface area contributed by atoms with Crippen LogP contribution in [0.5, 0.6) is 5.75 Å². The van der Waals surface area contributed by atoms with E-state index in [1.807, 2.05) is 6.07 Å². The van der Waals surface area contributed by atoms with Crippen LogP contribution < -0.4 is 4.74 Å². The second-order valence-corrected chi connectivity index (χ2v) is 2.79. The molecule has 0 fully saturated rings. The molecule has 0 atom stereocenters. The van der Waals surface area contributed by atoms with Gasteiger partial charge in [-0.05, 0) is 0 Å². The maximum absolute atomic E-state index is 5.08. The Labute approximate surface area is 96.0 Å². The largest absolute Gasteiger partial charge is 2.00 e. The van der Waals surface area contributed by atoms with Crippen LogP contribution in [0.25, 0.3) is 0 Å². The van der Waals surface area contributed by atoms with Crippen molar-refractivity contribution in [2.45, 2.75) is 19.8 Å². The van der Waals surface area contributed by atoms with E-state index in [1.165, 1.54) is 11.1 Å². The number of aryl methyl sites for hydroxylation is 2. The van der Waals surface area contributed by atoms with Gasteiger partial charge in [-0.15, -0.1) is 12.1 Å². The summed E-state index contributed by atoms with van der Waals surface area (Å²) < 4.78 is 5.08. The topological polar surface area (TPSA) is 9.23 Å². The van der Waals surface area contributed by atoms with Crippen molar-refractivity contribution in [3.05, 3.63) is 36.2 Å². The molecule has 0 heterocycles. The molecule has 1 nitrogen and oxygen atoms in total. The first-order chi connectivity index (χ1) is 5.77. The molecule has 0 spiro atoms. The minimum atomic E-state index is 0. The van der Waals surface area contributed by atoms with E-state index in [2.05, 4.69) is 26.0 Å². The summed E-state index contributed by atoms with van der Waals surface area (Å²) in [6.45, 7) is 5.90. The third-order valence-electron chi connectivity index (χ3n) is 1.88. The molecular formula is C11H14NbO. The summed E-state index contributed by atoms with van der Waals surface area (Å²) in [4.78, 5) is 0. The Kier molecular flexibility index (Phi) is 6.13. The zero-order valence-corrected chi connectivity index (χ0v) is 10.3. The molecule has 2 heteroatoms. The Morgan fingerprint density at radius 3 is 2.69 bits per heavy atom. The fourth-order valence-electron chi connectivity index (χ4n) is 1.15. The summed E-state index contributed by atoms with van der Waals surface area (Å²) in [5.74, 6) is 0.809. The molecule has 69 valence electrons. The number of methoxy groups -OCH3 is 1. The van der Waals surface area contributed by atoms with Gasteiger partial charge in [0.1, 0.15) is 0 Å². The van der Waals surface area contributed by atoms with Gasteiger partial charge in [0.05, 0.1) is 7.11 Å². The number of ether oxygens (including phenoxy) is 1. The Balaban J connectivity index is 0.00000144. The Morgan fingerprint density at radius 2 is 2.15 bits per heavy atom. The van der Waals surface area contributed by atoms with Gasteiger partial charge in [0.15, 0.2) is 0 Å². The van der Waals surface area contributed by atoms with E-state index < -0.39 is 0 Å². The first-order valence-electron chi connectivity index (χ1n) is 4.13. The van der Waals surface area contributed by atoms with E-state index in [9.17, 15) is 0 Å². The van der Waals surface area contributed by atoms with Crippen molar-refractivity contribution in [1.29, 1.82) is 0 Å². The van der Waals surface area contributed by atoms with Gasteiger partial charge in [0.2, 0.25) is 0 Å². The average Bonchev–Trinajstić information content (AvgIpc) is 2.09. The van der Waals surface area contributed by atoms with Crippen LogP contribution in [0.15, 0.2) is 12.1 Å². The van der Waals surface area contributed by atoms with Crippen molar-refractivity contribution < 1.29 is 27.1 Å². The molecule has 1 radical (unpaired) electrons. The average molecular weight is 255 g/mol. The second-order valence-electron chi connectivity index (χ2n) is 2.79. The summed E-state index contributed by atoms with van der Waals surface area (Å²) in [6.07, 6.45) is 1.88. The first kappa shape index (κ1) is 12.8. The van der Waals surface area contributed by atoms with Crippen LogP contribution in [0, 0.1) is 19.9 Å². The van der Waals surface area contributed by atoms with Crippen molar-refractivity contribution in [1.82, 2.24) is 0 Å². The van der Waals surface area contributed by atoms with E-state index in [1.54, 1.807) is 7.11 Å². The third-order valence-corrected chi connectivity index (χ3v) is 1.88. The molecule has 0 aliphatic carbocycles. The summed E-state index contributed by atoms with van der Waals surface area (Å²) >= 11 is 0. The summed E-state index contributed by atoms with van der Waals surface area (Å²) in [6, 6.07) is 7.19. The standard InChI is InChI=1S/C11H14O.Nb/c1-4-5-10-8-11(12-3)7-6-9(10)2;/h6-7H,1,4-5H2,2-3H3;/q-2;+2. The van der Waals surface area contributed by atoms with Crippen LogP contribution >= 0.6 is 0 Å². The van der Waals surface area contributed by atoms with Crippen molar-refractivity contribution >= 4 is 0 Å². The predicted octanol–water partition coefficient (Wildman–Crippen LogP) is 2.57. The van der Waals surface area contributed by atoms with Crippen molar-refractivity contribution in [2.24, 2.45) is 0 Å². The number of hydrogen-bond donors (Lipinski definition) is 0. The quantitative estimate of drug-likeness (QED) is 0.595. The molecule has 0 aromatic heterocycles. The van der Waals surface area contributed by atoms with Crippen molar-refractivity contribution in [2.75, 3.05) is 7.11 Å². The molecule has 13 heavy (non-hydrogen) atoms. The van der Waals surface area contributed by atoms with E-state index in [0.29, 0.717) is 0 Å². The van der Waals surface area contributed by atoms with Gasteiger partial charge < -0.3 is 11.7 Å². The maximum Gasteiger partial charge on any atom is 2.00 e. The molecule has 0 aliphatic rings. The van der Waals surface area contributed by atoms with Gasteiger partial charge >= 0.3 is 22.4 Å². The molecule has 0 saturated carbocycles. The summed E-state index contributed by atoms with van der Waals surface area (Å²) in [5.41, 5.74) is 2.48.